The summed E-state index contributed by atoms with van der Waals surface area (Å²) in [7, 11) is 0. The van der Waals surface area contributed by atoms with Gasteiger partial charge in [0.25, 0.3) is 0 Å². The fourth-order valence-electron chi connectivity index (χ4n) is 1.18. The van der Waals surface area contributed by atoms with Crippen LogP contribution in [-0.4, -0.2) is 15.5 Å². The Kier molecular flexibility index (Phi) is 4.36. The number of aromatic nitrogens is 2. The Hall–Kier alpha value is -0.440. The molecule has 1 aromatic heterocycles. The predicted octanol–water partition coefficient (Wildman–Crippen LogP) is 2.85. The van der Waals surface area contributed by atoms with E-state index in [9.17, 15) is 0 Å². The second kappa shape index (κ2) is 5.32. The Morgan fingerprint density at radius 2 is 2.23 bits per heavy atom. The van der Waals surface area contributed by atoms with E-state index in [1.54, 1.807) is 0 Å². The fraction of sp³-hybridized carbons (Fsp3) is 0.700. The summed E-state index contributed by atoms with van der Waals surface area (Å²) < 4.78 is 2.01. The standard InChI is InChI=1S/C10H18N2S/c1-4-6-13-8-10-9(3)7-12(5-2)11-10/h7H,4-6,8H2,1-3H3. The van der Waals surface area contributed by atoms with E-state index in [0.29, 0.717) is 0 Å². The molecule has 0 fully saturated rings. The molecule has 0 unspecified atom stereocenters. The number of rotatable bonds is 5. The first kappa shape index (κ1) is 10.6. The summed E-state index contributed by atoms with van der Waals surface area (Å²) >= 11 is 1.97. The Bertz CT molecular complexity index is 255. The number of aryl methyl sites for hydroxylation is 2. The highest BCUT2D eigenvalue weighted by Gasteiger charge is 2.03. The zero-order valence-electron chi connectivity index (χ0n) is 8.71. The first-order valence-electron chi connectivity index (χ1n) is 4.88. The van der Waals surface area contributed by atoms with Crippen molar-refractivity contribution in [1.82, 2.24) is 9.78 Å². The van der Waals surface area contributed by atoms with Gasteiger partial charge in [-0.2, -0.15) is 16.9 Å². The molecule has 0 aliphatic heterocycles. The normalized spacial score (nSPS) is 10.7. The van der Waals surface area contributed by atoms with Crippen LogP contribution in [0.4, 0.5) is 0 Å². The molecule has 74 valence electrons. The van der Waals surface area contributed by atoms with Crippen molar-refractivity contribution in [2.45, 2.75) is 39.5 Å². The van der Waals surface area contributed by atoms with Crippen LogP contribution < -0.4 is 0 Å². The minimum absolute atomic E-state index is 0.972. The van der Waals surface area contributed by atoms with Gasteiger partial charge in [0.1, 0.15) is 0 Å². The lowest BCUT2D eigenvalue weighted by atomic mass is 10.3. The van der Waals surface area contributed by atoms with Gasteiger partial charge >= 0.3 is 0 Å². The van der Waals surface area contributed by atoms with Crippen LogP contribution in [-0.2, 0) is 12.3 Å². The molecule has 1 aromatic rings. The number of nitrogens with zero attached hydrogens (tertiary/aromatic N) is 2. The number of hydrogen-bond acceptors (Lipinski definition) is 2. The third-order valence-corrected chi connectivity index (χ3v) is 3.13. The maximum atomic E-state index is 4.50. The quantitative estimate of drug-likeness (QED) is 0.677. The highest BCUT2D eigenvalue weighted by atomic mass is 32.2. The van der Waals surface area contributed by atoms with Crippen LogP contribution in [0, 0.1) is 6.92 Å². The summed E-state index contributed by atoms with van der Waals surface area (Å²) in [5.74, 6) is 2.30. The molecule has 0 aliphatic rings. The fourth-order valence-corrected chi connectivity index (χ4v) is 2.09. The van der Waals surface area contributed by atoms with Crippen LogP contribution in [0.3, 0.4) is 0 Å². The van der Waals surface area contributed by atoms with E-state index in [4.69, 9.17) is 0 Å². The number of thioether (sulfide) groups is 1. The highest BCUT2D eigenvalue weighted by molar-refractivity contribution is 7.98. The van der Waals surface area contributed by atoms with E-state index in [1.165, 1.54) is 23.4 Å². The van der Waals surface area contributed by atoms with Crippen molar-refractivity contribution in [3.05, 3.63) is 17.5 Å². The zero-order chi connectivity index (χ0) is 9.68. The summed E-state index contributed by atoms with van der Waals surface area (Å²) in [6.07, 6.45) is 3.38. The molecule has 0 aromatic carbocycles. The van der Waals surface area contributed by atoms with Gasteiger partial charge in [-0.05, 0) is 31.6 Å². The molecule has 0 atom stereocenters. The van der Waals surface area contributed by atoms with Crippen LogP contribution in [0.25, 0.3) is 0 Å². The maximum Gasteiger partial charge on any atom is 0.0752 e. The van der Waals surface area contributed by atoms with E-state index in [2.05, 4.69) is 32.1 Å². The molecule has 0 saturated heterocycles. The molecule has 0 saturated carbocycles. The summed E-state index contributed by atoms with van der Waals surface area (Å²) in [5.41, 5.74) is 2.57. The molecule has 13 heavy (non-hydrogen) atoms. The Labute approximate surface area is 84.7 Å². The topological polar surface area (TPSA) is 17.8 Å². The van der Waals surface area contributed by atoms with Gasteiger partial charge in [-0.1, -0.05) is 6.92 Å². The van der Waals surface area contributed by atoms with Gasteiger partial charge in [-0.15, -0.1) is 0 Å². The van der Waals surface area contributed by atoms with Crippen molar-refractivity contribution in [3.63, 3.8) is 0 Å². The van der Waals surface area contributed by atoms with Crippen molar-refractivity contribution in [2.75, 3.05) is 5.75 Å². The minimum Gasteiger partial charge on any atom is -0.272 e. The molecule has 0 spiro atoms. The van der Waals surface area contributed by atoms with E-state index in [0.717, 1.165) is 12.3 Å². The molecule has 0 amide bonds. The smallest absolute Gasteiger partial charge is 0.0752 e. The lowest BCUT2D eigenvalue weighted by Crippen LogP contribution is -1.95. The van der Waals surface area contributed by atoms with Gasteiger partial charge in [0.15, 0.2) is 0 Å². The van der Waals surface area contributed by atoms with Crippen LogP contribution in [0.1, 0.15) is 31.5 Å². The average molecular weight is 198 g/mol. The summed E-state index contributed by atoms with van der Waals surface area (Å²) in [4.78, 5) is 0. The maximum absolute atomic E-state index is 4.50. The first-order chi connectivity index (χ1) is 6.27. The van der Waals surface area contributed by atoms with Gasteiger partial charge in [0.05, 0.1) is 5.69 Å². The van der Waals surface area contributed by atoms with Crippen molar-refractivity contribution >= 4 is 11.8 Å². The SMILES string of the molecule is CCCSCc1nn(CC)cc1C. The second-order valence-corrected chi connectivity index (χ2v) is 4.27. The van der Waals surface area contributed by atoms with Crippen molar-refractivity contribution in [1.29, 1.82) is 0 Å². The minimum atomic E-state index is 0.972. The predicted molar refractivity (Wildman–Crippen MR) is 59.1 cm³/mol. The molecule has 0 aliphatic carbocycles. The largest absolute Gasteiger partial charge is 0.272 e. The Morgan fingerprint density at radius 1 is 1.46 bits per heavy atom. The van der Waals surface area contributed by atoms with Crippen LogP contribution in [0.5, 0.6) is 0 Å². The monoisotopic (exact) mass is 198 g/mol. The molecule has 1 heterocycles. The molecular formula is C10H18N2S. The summed E-state index contributed by atoms with van der Waals surface area (Å²) in [6.45, 7) is 7.44. The van der Waals surface area contributed by atoms with Gasteiger partial charge in [-0.25, -0.2) is 0 Å². The van der Waals surface area contributed by atoms with Crippen molar-refractivity contribution in [3.8, 4) is 0 Å². The molecule has 3 heteroatoms. The van der Waals surface area contributed by atoms with E-state index < -0.39 is 0 Å². The van der Waals surface area contributed by atoms with Crippen molar-refractivity contribution < 1.29 is 0 Å². The lowest BCUT2D eigenvalue weighted by Gasteiger charge is -1.97. The molecule has 0 N–H and O–H groups in total. The second-order valence-electron chi connectivity index (χ2n) is 3.17. The molecule has 0 bridgehead atoms. The third-order valence-electron chi connectivity index (χ3n) is 1.96. The number of hydrogen-bond donors (Lipinski definition) is 0. The van der Waals surface area contributed by atoms with Crippen LogP contribution in [0.2, 0.25) is 0 Å². The Morgan fingerprint density at radius 3 is 2.77 bits per heavy atom. The van der Waals surface area contributed by atoms with Gasteiger partial charge < -0.3 is 0 Å². The highest BCUT2D eigenvalue weighted by Crippen LogP contribution is 2.14. The van der Waals surface area contributed by atoms with Crippen molar-refractivity contribution in [2.24, 2.45) is 0 Å². The summed E-state index contributed by atoms with van der Waals surface area (Å²) in [5, 5.41) is 4.50. The summed E-state index contributed by atoms with van der Waals surface area (Å²) in [6, 6.07) is 0. The van der Waals surface area contributed by atoms with Gasteiger partial charge in [-0.3, -0.25) is 4.68 Å². The third kappa shape index (κ3) is 3.07. The van der Waals surface area contributed by atoms with Crippen LogP contribution >= 0.6 is 11.8 Å². The molecule has 2 nitrogen and oxygen atoms in total. The first-order valence-corrected chi connectivity index (χ1v) is 6.04. The molecule has 0 radical (unpaired) electrons. The van der Waals surface area contributed by atoms with Crippen LogP contribution in [0.15, 0.2) is 6.20 Å². The molecule has 1 rings (SSSR count). The Balaban J connectivity index is 2.50. The van der Waals surface area contributed by atoms with Gasteiger partial charge in [0, 0.05) is 18.5 Å². The average Bonchev–Trinajstić information content (AvgIpc) is 2.48. The van der Waals surface area contributed by atoms with E-state index in [-0.39, 0.29) is 0 Å². The zero-order valence-corrected chi connectivity index (χ0v) is 9.52. The van der Waals surface area contributed by atoms with E-state index in [1.807, 2.05) is 16.4 Å². The molecular weight excluding hydrogens is 180 g/mol. The lowest BCUT2D eigenvalue weighted by molar-refractivity contribution is 0.652. The van der Waals surface area contributed by atoms with E-state index >= 15 is 0 Å². The van der Waals surface area contributed by atoms with Gasteiger partial charge in [0.2, 0.25) is 0 Å².